The first-order valence-corrected chi connectivity index (χ1v) is 4.75. The highest BCUT2D eigenvalue weighted by atomic mass is 16.3. The van der Waals surface area contributed by atoms with E-state index in [4.69, 9.17) is 0 Å². The molecule has 3 heteroatoms. The van der Waals surface area contributed by atoms with E-state index in [0.29, 0.717) is 5.56 Å². The van der Waals surface area contributed by atoms with Crippen LogP contribution >= 0.6 is 0 Å². The van der Waals surface area contributed by atoms with Crippen molar-refractivity contribution in [2.75, 3.05) is 0 Å². The molecule has 80 valence electrons. The van der Waals surface area contributed by atoms with E-state index in [1.807, 2.05) is 0 Å². The summed E-state index contributed by atoms with van der Waals surface area (Å²) in [4.78, 5) is 22.4. The van der Waals surface area contributed by atoms with Crippen LogP contribution in [-0.2, 0) is 15.2 Å². The quantitative estimate of drug-likeness (QED) is 0.811. The van der Waals surface area contributed by atoms with E-state index in [9.17, 15) is 14.7 Å². The normalized spacial score (nSPS) is 14.3. The summed E-state index contributed by atoms with van der Waals surface area (Å²) in [6.07, 6.45) is -0.174. The topological polar surface area (TPSA) is 54.4 Å². The fourth-order valence-corrected chi connectivity index (χ4v) is 1.50. The van der Waals surface area contributed by atoms with Gasteiger partial charge in [-0.15, -0.1) is 0 Å². The first kappa shape index (κ1) is 11.6. The number of carbonyl (C=O) groups is 2. The number of hydrogen-bond donors (Lipinski definition) is 1. The number of Topliss-reactive ketones (excluding diaryl/α,β-unsaturated/α-hetero) is 2. The summed E-state index contributed by atoms with van der Waals surface area (Å²) in [7, 11) is 0. The van der Waals surface area contributed by atoms with E-state index in [-0.39, 0.29) is 12.2 Å². The highest BCUT2D eigenvalue weighted by Crippen LogP contribution is 2.26. The highest BCUT2D eigenvalue weighted by molar-refractivity contribution is 5.91. The molecule has 0 saturated heterocycles. The molecule has 0 aliphatic carbocycles. The van der Waals surface area contributed by atoms with Crippen LogP contribution in [0.5, 0.6) is 0 Å². The SMILES string of the molecule is CC(=O)CC(O)(C(C)=O)c1ccccc1. The van der Waals surface area contributed by atoms with Gasteiger partial charge in [0.1, 0.15) is 5.78 Å². The van der Waals surface area contributed by atoms with Crippen molar-refractivity contribution in [2.45, 2.75) is 25.9 Å². The molecule has 0 heterocycles. The molecule has 1 rings (SSSR count). The van der Waals surface area contributed by atoms with E-state index in [2.05, 4.69) is 0 Å². The minimum Gasteiger partial charge on any atom is -0.377 e. The monoisotopic (exact) mass is 206 g/mol. The average molecular weight is 206 g/mol. The third-order valence-electron chi connectivity index (χ3n) is 2.34. The van der Waals surface area contributed by atoms with Crippen molar-refractivity contribution in [1.82, 2.24) is 0 Å². The Morgan fingerprint density at radius 3 is 2.13 bits per heavy atom. The predicted octanol–water partition coefficient (Wildman–Crippen LogP) is 1.44. The maximum Gasteiger partial charge on any atom is 0.166 e. The van der Waals surface area contributed by atoms with Gasteiger partial charge in [-0.2, -0.15) is 0 Å². The van der Waals surface area contributed by atoms with Gasteiger partial charge in [-0.25, -0.2) is 0 Å². The second kappa shape index (κ2) is 4.36. The molecule has 0 bridgehead atoms. The fourth-order valence-electron chi connectivity index (χ4n) is 1.50. The van der Waals surface area contributed by atoms with Gasteiger partial charge in [0.2, 0.25) is 0 Å². The standard InChI is InChI=1S/C12H14O3/c1-9(13)8-12(15,10(2)14)11-6-4-3-5-7-11/h3-7,15H,8H2,1-2H3. The second-order valence-corrected chi connectivity index (χ2v) is 3.66. The van der Waals surface area contributed by atoms with Crippen LogP contribution in [0.4, 0.5) is 0 Å². The zero-order valence-electron chi connectivity index (χ0n) is 8.86. The molecular formula is C12H14O3. The molecule has 15 heavy (non-hydrogen) atoms. The van der Waals surface area contributed by atoms with Gasteiger partial charge in [0.15, 0.2) is 11.4 Å². The van der Waals surface area contributed by atoms with Gasteiger partial charge >= 0.3 is 0 Å². The summed E-state index contributed by atoms with van der Waals surface area (Å²) in [6.45, 7) is 2.65. The molecule has 0 aliphatic rings. The smallest absolute Gasteiger partial charge is 0.166 e. The lowest BCUT2D eigenvalue weighted by Crippen LogP contribution is -2.35. The van der Waals surface area contributed by atoms with Crippen LogP contribution < -0.4 is 0 Å². The Morgan fingerprint density at radius 1 is 1.20 bits per heavy atom. The van der Waals surface area contributed by atoms with Gasteiger partial charge in [-0.05, 0) is 19.4 Å². The van der Waals surface area contributed by atoms with E-state index in [1.165, 1.54) is 13.8 Å². The van der Waals surface area contributed by atoms with Gasteiger partial charge in [0.25, 0.3) is 0 Å². The Morgan fingerprint density at radius 2 is 1.73 bits per heavy atom. The maximum atomic E-state index is 11.4. The number of carbonyl (C=O) groups excluding carboxylic acids is 2. The van der Waals surface area contributed by atoms with Crippen molar-refractivity contribution in [2.24, 2.45) is 0 Å². The summed E-state index contributed by atoms with van der Waals surface area (Å²) >= 11 is 0. The minimum absolute atomic E-state index is 0.174. The fraction of sp³-hybridized carbons (Fsp3) is 0.333. The van der Waals surface area contributed by atoms with Gasteiger partial charge in [-0.1, -0.05) is 30.3 Å². The third kappa shape index (κ3) is 2.50. The molecular weight excluding hydrogens is 192 g/mol. The number of benzene rings is 1. The molecule has 1 aromatic carbocycles. The summed E-state index contributed by atoms with van der Waals surface area (Å²) < 4.78 is 0. The lowest BCUT2D eigenvalue weighted by atomic mass is 9.86. The average Bonchev–Trinajstić information content (AvgIpc) is 2.17. The second-order valence-electron chi connectivity index (χ2n) is 3.66. The maximum absolute atomic E-state index is 11.4. The molecule has 0 spiro atoms. The van der Waals surface area contributed by atoms with Crippen LogP contribution in [0.1, 0.15) is 25.8 Å². The molecule has 0 radical (unpaired) electrons. The molecule has 0 saturated carbocycles. The van der Waals surface area contributed by atoms with Crippen LogP contribution in [0.2, 0.25) is 0 Å². The van der Waals surface area contributed by atoms with Crippen LogP contribution in [0.25, 0.3) is 0 Å². The van der Waals surface area contributed by atoms with Crippen molar-refractivity contribution in [3.05, 3.63) is 35.9 Å². The van der Waals surface area contributed by atoms with Gasteiger partial charge in [0, 0.05) is 6.42 Å². The molecule has 1 unspecified atom stereocenters. The van der Waals surface area contributed by atoms with E-state index in [0.717, 1.165) is 0 Å². The van der Waals surface area contributed by atoms with Gasteiger partial charge in [-0.3, -0.25) is 9.59 Å². The zero-order valence-corrected chi connectivity index (χ0v) is 8.86. The van der Waals surface area contributed by atoms with Gasteiger partial charge < -0.3 is 5.11 Å². The van der Waals surface area contributed by atoms with E-state index >= 15 is 0 Å². The first-order chi connectivity index (χ1) is 6.97. The van der Waals surface area contributed by atoms with Crippen molar-refractivity contribution in [1.29, 1.82) is 0 Å². The van der Waals surface area contributed by atoms with Crippen molar-refractivity contribution in [3.8, 4) is 0 Å². The number of ketones is 2. The first-order valence-electron chi connectivity index (χ1n) is 4.75. The van der Waals surface area contributed by atoms with Crippen molar-refractivity contribution in [3.63, 3.8) is 0 Å². The molecule has 1 atom stereocenters. The summed E-state index contributed by atoms with van der Waals surface area (Å²) in [5.41, 5.74) is -1.21. The summed E-state index contributed by atoms with van der Waals surface area (Å²) in [6, 6.07) is 8.53. The molecule has 1 N–H and O–H groups in total. The van der Waals surface area contributed by atoms with Crippen LogP contribution in [0.15, 0.2) is 30.3 Å². The van der Waals surface area contributed by atoms with Crippen LogP contribution in [-0.4, -0.2) is 16.7 Å². The van der Waals surface area contributed by atoms with Crippen LogP contribution in [0, 0.1) is 0 Å². The van der Waals surface area contributed by atoms with Crippen molar-refractivity contribution >= 4 is 11.6 Å². The Kier molecular flexibility index (Phi) is 3.37. The molecule has 0 aromatic heterocycles. The number of hydrogen-bond acceptors (Lipinski definition) is 3. The molecule has 0 amide bonds. The summed E-state index contributed by atoms with van der Waals surface area (Å²) in [5, 5.41) is 10.2. The zero-order chi connectivity index (χ0) is 11.5. The number of rotatable bonds is 4. The Labute approximate surface area is 88.7 Å². The molecule has 0 fully saturated rings. The molecule has 0 aliphatic heterocycles. The molecule has 3 nitrogen and oxygen atoms in total. The highest BCUT2D eigenvalue weighted by Gasteiger charge is 2.35. The Bertz CT molecular complexity index is 370. The summed E-state index contributed by atoms with van der Waals surface area (Å²) in [5.74, 6) is -0.625. The Balaban J connectivity index is 3.13. The largest absolute Gasteiger partial charge is 0.377 e. The lowest BCUT2D eigenvalue weighted by molar-refractivity contribution is -0.141. The minimum atomic E-state index is -1.67. The predicted molar refractivity (Wildman–Crippen MR) is 56.3 cm³/mol. The Hall–Kier alpha value is -1.48. The third-order valence-corrected chi connectivity index (χ3v) is 2.34. The lowest BCUT2D eigenvalue weighted by Gasteiger charge is -2.24. The van der Waals surface area contributed by atoms with Crippen molar-refractivity contribution < 1.29 is 14.7 Å². The van der Waals surface area contributed by atoms with Crippen LogP contribution in [0.3, 0.4) is 0 Å². The van der Waals surface area contributed by atoms with Gasteiger partial charge in [0.05, 0.1) is 0 Å². The molecule has 1 aromatic rings. The van der Waals surface area contributed by atoms with E-state index in [1.54, 1.807) is 30.3 Å². The number of aliphatic hydroxyl groups is 1. The van der Waals surface area contributed by atoms with E-state index < -0.39 is 11.4 Å².